The van der Waals surface area contributed by atoms with Gasteiger partial charge in [-0.1, -0.05) is 103 Å². The molecule has 1 aliphatic rings. The number of aromatic nitrogens is 4. The van der Waals surface area contributed by atoms with Gasteiger partial charge in [0.05, 0.1) is 39.1 Å². The number of ether oxygens (including phenoxy) is 4. The lowest BCUT2D eigenvalue weighted by Gasteiger charge is -2.25. The summed E-state index contributed by atoms with van der Waals surface area (Å²) < 4.78 is 28.3. The van der Waals surface area contributed by atoms with E-state index in [0.717, 1.165) is 16.7 Å². The molecule has 0 aliphatic carbocycles. The largest absolute Gasteiger partial charge is 0.374 e. The zero-order valence-electron chi connectivity index (χ0n) is 21.8. The lowest BCUT2D eigenvalue weighted by molar-refractivity contribution is -0.0913. The summed E-state index contributed by atoms with van der Waals surface area (Å²) in [7, 11) is 0. The Balaban J connectivity index is 1.30. The van der Waals surface area contributed by atoms with Crippen LogP contribution in [0.2, 0.25) is 0 Å². The molecule has 1 aliphatic heterocycles. The van der Waals surface area contributed by atoms with Crippen molar-refractivity contribution in [2.24, 2.45) is 0 Å². The van der Waals surface area contributed by atoms with Crippen LogP contribution < -0.4 is 0 Å². The van der Waals surface area contributed by atoms with Gasteiger partial charge in [0.25, 0.3) is 0 Å². The Kier molecular flexibility index (Phi) is 8.36. The van der Waals surface area contributed by atoms with Crippen LogP contribution >= 0.6 is 12.2 Å². The summed E-state index contributed by atoms with van der Waals surface area (Å²) in [6.07, 6.45) is 1.49. The van der Waals surface area contributed by atoms with E-state index in [9.17, 15) is 0 Å². The maximum Gasteiger partial charge on any atom is 0.166 e. The zero-order valence-corrected chi connectivity index (χ0v) is 22.7. The monoisotopic (exact) mass is 554 g/mol. The summed E-state index contributed by atoms with van der Waals surface area (Å²) in [4.78, 5) is 11.9. The summed E-state index contributed by atoms with van der Waals surface area (Å²) in [5.74, 6) is 0. The fourth-order valence-electron chi connectivity index (χ4n) is 4.91. The lowest BCUT2D eigenvalue weighted by Crippen LogP contribution is -2.38. The first-order valence-electron chi connectivity index (χ1n) is 13.2. The number of hydrogen-bond acceptors (Lipinski definition) is 7. The molecular formula is C31H30N4O4S. The molecule has 40 heavy (non-hydrogen) atoms. The van der Waals surface area contributed by atoms with Gasteiger partial charge in [0.15, 0.2) is 10.9 Å². The van der Waals surface area contributed by atoms with Gasteiger partial charge in [-0.25, -0.2) is 9.97 Å². The third kappa shape index (κ3) is 6.04. The highest BCUT2D eigenvalue weighted by Crippen LogP contribution is 2.36. The fourth-order valence-corrected chi connectivity index (χ4v) is 5.11. The average molecular weight is 555 g/mol. The van der Waals surface area contributed by atoms with E-state index in [4.69, 9.17) is 31.2 Å². The number of H-pyrrole nitrogens is 1. The topological polar surface area (TPSA) is 83.4 Å². The second-order valence-corrected chi connectivity index (χ2v) is 10.0. The van der Waals surface area contributed by atoms with Crippen LogP contribution in [0.1, 0.15) is 22.9 Å². The number of benzene rings is 3. The minimum atomic E-state index is -0.534. The number of imidazole rings is 1. The van der Waals surface area contributed by atoms with Gasteiger partial charge >= 0.3 is 0 Å². The van der Waals surface area contributed by atoms with Crippen LogP contribution in [0.15, 0.2) is 104 Å². The third-order valence-electron chi connectivity index (χ3n) is 6.90. The fraction of sp³-hybridized carbons (Fsp3) is 0.258. The summed E-state index contributed by atoms with van der Waals surface area (Å²) in [6.45, 7) is 1.62. The summed E-state index contributed by atoms with van der Waals surface area (Å²) in [5, 5.41) is 0. The molecule has 1 N–H and O–H groups in total. The zero-order chi connectivity index (χ0) is 27.1. The summed E-state index contributed by atoms with van der Waals surface area (Å²) in [5.41, 5.74) is 4.54. The van der Waals surface area contributed by atoms with Gasteiger partial charge in [-0.3, -0.25) is 4.57 Å². The Morgan fingerprint density at radius 2 is 1.32 bits per heavy atom. The molecule has 9 heteroatoms. The van der Waals surface area contributed by atoms with E-state index in [0.29, 0.717) is 42.2 Å². The first-order chi connectivity index (χ1) is 19.8. The molecule has 0 saturated carbocycles. The molecule has 5 aromatic rings. The van der Waals surface area contributed by atoms with Crippen LogP contribution in [-0.4, -0.2) is 44.4 Å². The molecule has 8 nitrogen and oxygen atoms in total. The molecule has 0 amide bonds. The average Bonchev–Trinajstić information content (AvgIpc) is 3.58. The molecular weight excluding hydrogens is 524 g/mol. The maximum atomic E-state index is 6.67. The SMILES string of the molecule is S=c1nc[nH]c2c1ncn2[C@@H]1O[C@H](COCc2ccccc2)[C@@H](OCc2ccccc2)[C@@H]1OCc1ccccc1. The van der Waals surface area contributed by atoms with Gasteiger partial charge in [-0.05, 0) is 16.7 Å². The van der Waals surface area contributed by atoms with Crippen molar-refractivity contribution in [1.29, 1.82) is 0 Å². The van der Waals surface area contributed by atoms with E-state index in [1.807, 2.05) is 95.6 Å². The van der Waals surface area contributed by atoms with E-state index in [-0.39, 0.29) is 6.10 Å². The second kappa shape index (κ2) is 12.6. The maximum absolute atomic E-state index is 6.67. The van der Waals surface area contributed by atoms with Crippen LogP contribution in [0.4, 0.5) is 0 Å². The Hall–Kier alpha value is -3.73. The van der Waals surface area contributed by atoms with Gasteiger partial charge in [0, 0.05) is 0 Å². The van der Waals surface area contributed by atoms with Crippen molar-refractivity contribution in [3.8, 4) is 0 Å². The van der Waals surface area contributed by atoms with Crippen molar-refractivity contribution >= 4 is 23.4 Å². The molecule has 3 heterocycles. The Morgan fingerprint density at radius 3 is 1.95 bits per heavy atom. The van der Waals surface area contributed by atoms with Crippen molar-refractivity contribution in [3.05, 3.63) is 125 Å². The first-order valence-corrected chi connectivity index (χ1v) is 13.7. The quantitative estimate of drug-likeness (QED) is 0.208. The van der Waals surface area contributed by atoms with E-state index >= 15 is 0 Å². The first kappa shape index (κ1) is 26.5. The Morgan fingerprint density at radius 1 is 0.750 bits per heavy atom. The second-order valence-electron chi connectivity index (χ2n) is 9.65. The van der Waals surface area contributed by atoms with Crippen LogP contribution in [0, 0.1) is 4.64 Å². The Labute approximate surface area is 237 Å². The minimum Gasteiger partial charge on any atom is -0.374 e. The third-order valence-corrected chi connectivity index (χ3v) is 7.20. The highest BCUT2D eigenvalue weighted by atomic mass is 32.1. The predicted molar refractivity (Wildman–Crippen MR) is 153 cm³/mol. The van der Waals surface area contributed by atoms with Crippen LogP contribution in [0.25, 0.3) is 11.2 Å². The molecule has 0 radical (unpaired) electrons. The van der Waals surface area contributed by atoms with Gasteiger partial charge in [0.1, 0.15) is 29.5 Å². The van der Waals surface area contributed by atoms with Gasteiger partial charge in [-0.15, -0.1) is 0 Å². The van der Waals surface area contributed by atoms with Crippen molar-refractivity contribution in [1.82, 2.24) is 19.5 Å². The number of hydrogen-bond donors (Lipinski definition) is 1. The number of rotatable bonds is 11. The number of aromatic amines is 1. The van der Waals surface area contributed by atoms with Crippen LogP contribution in [0.5, 0.6) is 0 Å². The molecule has 2 aromatic heterocycles. The van der Waals surface area contributed by atoms with Gasteiger partial charge in [-0.2, -0.15) is 0 Å². The van der Waals surface area contributed by atoms with Crippen molar-refractivity contribution in [2.75, 3.05) is 6.61 Å². The Bertz CT molecular complexity index is 1560. The smallest absolute Gasteiger partial charge is 0.166 e. The lowest BCUT2D eigenvalue weighted by atomic mass is 10.1. The van der Waals surface area contributed by atoms with E-state index in [1.165, 1.54) is 0 Å². The predicted octanol–water partition coefficient (Wildman–Crippen LogP) is 5.77. The van der Waals surface area contributed by atoms with Crippen molar-refractivity contribution in [2.45, 2.75) is 44.4 Å². The minimum absolute atomic E-state index is 0.334. The van der Waals surface area contributed by atoms with Crippen LogP contribution in [0.3, 0.4) is 0 Å². The highest BCUT2D eigenvalue weighted by molar-refractivity contribution is 7.71. The molecule has 1 fully saturated rings. The number of nitrogens with one attached hydrogen (secondary N) is 1. The molecule has 6 rings (SSSR count). The standard InChI is InChI=1S/C31H30N4O4S/c40-30-26-29(32-20-33-30)35(21-34-26)31-28(38-18-24-14-8-3-9-15-24)27(37-17-23-12-6-2-7-13-23)25(39-31)19-36-16-22-10-4-1-5-11-22/h1-15,20-21,25,27-28,31H,16-19H2,(H,32,33,40)/t25-,27-,28+,31-/m1/s1. The van der Waals surface area contributed by atoms with Gasteiger partial charge in [0.2, 0.25) is 0 Å². The molecule has 204 valence electrons. The van der Waals surface area contributed by atoms with Gasteiger partial charge < -0.3 is 23.9 Å². The summed E-state index contributed by atoms with van der Waals surface area (Å²) in [6, 6.07) is 30.3. The van der Waals surface area contributed by atoms with Crippen molar-refractivity contribution in [3.63, 3.8) is 0 Å². The molecule has 0 bridgehead atoms. The van der Waals surface area contributed by atoms with E-state index < -0.39 is 18.4 Å². The molecule has 0 unspecified atom stereocenters. The number of fused-ring (bicyclic) bond motifs is 1. The number of nitrogens with zero attached hydrogens (tertiary/aromatic N) is 3. The molecule has 4 atom stereocenters. The van der Waals surface area contributed by atoms with Crippen LogP contribution in [-0.2, 0) is 38.8 Å². The molecule has 0 spiro atoms. The summed E-state index contributed by atoms with van der Waals surface area (Å²) >= 11 is 5.41. The van der Waals surface area contributed by atoms with E-state index in [2.05, 4.69) is 15.0 Å². The van der Waals surface area contributed by atoms with E-state index in [1.54, 1.807) is 12.7 Å². The van der Waals surface area contributed by atoms with Crippen molar-refractivity contribution < 1.29 is 18.9 Å². The highest BCUT2D eigenvalue weighted by Gasteiger charge is 2.48. The molecule has 3 aromatic carbocycles. The normalized spacial score (nSPS) is 20.7. The molecule has 1 saturated heterocycles.